The highest BCUT2D eigenvalue weighted by Gasteiger charge is 2.27. The Morgan fingerprint density at radius 2 is 2.45 bits per heavy atom. The number of hydrogen-bond acceptors (Lipinski definition) is 4. The van der Waals surface area contributed by atoms with Gasteiger partial charge >= 0.3 is 5.97 Å². The maximum Gasteiger partial charge on any atom is 0.305 e. The first-order valence-corrected chi connectivity index (χ1v) is 3.64. The van der Waals surface area contributed by atoms with E-state index in [0.717, 1.165) is 0 Å². The molecule has 1 saturated heterocycles. The molecule has 4 heteroatoms. The summed E-state index contributed by atoms with van der Waals surface area (Å²) in [4.78, 5) is 10.8. The number of ether oxygens (including phenoxy) is 2. The van der Waals surface area contributed by atoms with Crippen LogP contribution in [0.25, 0.3) is 0 Å². The molecule has 64 valence electrons. The van der Waals surface area contributed by atoms with Crippen molar-refractivity contribution in [1.82, 2.24) is 0 Å². The van der Waals surface area contributed by atoms with Crippen molar-refractivity contribution in [3.05, 3.63) is 0 Å². The molecule has 1 heterocycles. The third kappa shape index (κ3) is 2.17. The molecule has 1 aliphatic heterocycles. The van der Waals surface area contributed by atoms with E-state index in [1.54, 1.807) is 0 Å². The van der Waals surface area contributed by atoms with Crippen LogP contribution in [0.4, 0.5) is 0 Å². The second kappa shape index (κ2) is 3.69. The summed E-state index contributed by atoms with van der Waals surface area (Å²) in [6, 6.07) is -0.00546. The van der Waals surface area contributed by atoms with Crippen LogP contribution in [-0.4, -0.2) is 32.3 Å². The molecule has 0 bridgehead atoms. The van der Waals surface area contributed by atoms with Crippen LogP contribution >= 0.6 is 0 Å². The molecule has 2 atom stereocenters. The molecule has 0 aromatic heterocycles. The minimum absolute atomic E-state index is 0.00546. The van der Waals surface area contributed by atoms with Gasteiger partial charge in [0.2, 0.25) is 0 Å². The second-order valence-electron chi connectivity index (χ2n) is 2.74. The minimum Gasteiger partial charge on any atom is -0.469 e. The molecule has 0 spiro atoms. The van der Waals surface area contributed by atoms with Crippen molar-refractivity contribution in [3.8, 4) is 0 Å². The lowest BCUT2D eigenvalue weighted by Crippen LogP contribution is -2.30. The molecule has 1 aliphatic rings. The van der Waals surface area contributed by atoms with Gasteiger partial charge in [0.1, 0.15) is 0 Å². The molecule has 1 fully saturated rings. The average molecular weight is 159 g/mol. The maximum atomic E-state index is 10.8. The van der Waals surface area contributed by atoms with E-state index in [2.05, 4.69) is 4.74 Å². The largest absolute Gasteiger partial charge is 0.469 e. The normalized spacial score (nSPS) is 30.4. The highest BCUT2D eigenvalue weighted by molar-refractivity contribution is 5.69. The lowest BCUT2D eigenvalue weighted by atomic mass is 10.0. The van der Waals surface area contributed by atoms with Crippen LogP contribution in [0.2, 0.25) is 0 Å². The standard InChI is InChI=1S/C7H13NO3/c1-10-7(9)2-5-3-11-4-6(5)8/h5-6H,2-4,8H2,1H3/t5-,6+/m0/s1. The van der Waals surface area contributed by atoms with Crippen molar-refractivity contribution < 1.29 is 14.3 Å². The number of rotatable bonds is 2. The summed E-state index contributed by atoms with van der Waals surface area (Å²) < 4.78 is 9.59. The Morgan fingerprint density at radius 1 is 1.73 bits per heavy atom. The van der Waals surface area contributed by atoms with Gasteiger partial charge in [-0.1, -0.05) is 0 Å². The molecule has 0 aromatic carbocycles. The first kappa shape index (κ1) is 8.49. The van der Waals surface area contributed by atoms with E-state index in [9.17, 15) is 4.79 Å². The Bertz CT molecular complexity index is 149. The lowest BCUT2D eigenvalue weighted by Gasteiger charge is -2.10. The van der Waals surface area contributed by atoms with Crippen LogP contribution in [0.3, 0.4) is 0 Å². The number of carbonyl (C=O) groups excluding carboxylic acids is 1. The van der Waals surface area contributed by atoms with E-state index in [1.807, 2.05) is 0 Å². The third-order valence-electron chi connectivity index (χ3n) is 1.90. The summed E-state index contributed by atoms with van der Waals surface area (Å²) in [5.74, 6) is -0.0709. The van der Waals surface area contributed by atoms with Gasteiger partial charge in [-0.05, 0) is 0 Å². The van der Waals surface area contributed by atoms with Gasteiger partial charge in [0, 0.05) is 12.0 Å². The van der Waals surface area contributed by atoms with Gasteiger partial charge in [0.15, 0.2) is 0 Å². The van der Waals surface area contributed by atoms with E-state index in [4.69, 9.17) is 10.5 Å². The molecule has 11 heavy (non-hydrogen) atoms. The fraction of sp³-hybridized carbons (Fsp3) is 0.857. The van der Waals surface area contributed by atoms with Crippen LogP contribution in [0.5, 0.6) is 0 Å². The first-order valence-electron chi connectivity index (χ1n) is 3.64. The molecular weight excluding hydrogens is 146 g/mol. The fourth-order valence-electron chi connectivity index (χ4n) is 1.12. The Hall–Kier alpha value is -0.610. The number of methoxy groups -OCH3 is 1. The zero-order valence-electron chi connectivity index (χ0n) is 6.58. The van der Waals surface area contributed by atoms with Crippen LogP contribution in [0.15, 0.2) is 0 Å². The SMILES string of the molecule is COC(=O)C[C@H]1COC[C@H]1N. The zero-order valence-corrected chi connectivity index (χ0v) is 6.58. The second-order valence-corrected chi connectivity index (χ2v) is 2.74. The monoisotopic (exact) mass is 159 g/mol. The topological polar surface area (TPSA) is 61.5 Å². The highest BCUT2D eigenvalue weighted by Crippen LogP contribution is 2.15. The molecule has 1 rings (SSSR count). The summed E-state index contributed by atoms with van der Waals surface area (Å²) in [6.45, 7) is 1.14. The third-order valence-corrected chi connectivity index (χ3v) is 1.90. The molecule has 0 aliphatic carbocycles. The molecule has 2 N–H and O–H groups in total. The molecule has 0 unspecified atom stereocenters. The van der Waals surface area contributed by atoms with Crippen LogP contribution in [0.1, 0.15) is 6.42 Å². The zero-order chi connectivity index (χ0) is 8.27. The Labute approximate surface area is 65.7 Å². The van der Waals surface area contributed by atoms with E-state index >= 15 is 0 Å². The lowest BCUT2D eigenvalue weighted by molar-refractivity contribution is -0.141. The molecular formula is C7H13NO3. The van der Waals surface area contributed by atoms with Crippen molar-refractivity contribution in [2.45, 2.75) is 12.5 Å². The van der Waals surface area contributed by atoms with E-state index in [0.29, 0.717) is 19.6 Å². The maximum absolute atomic E-state index is 10.8. The van der Waals surface area contributed by atoms with Crippen molar-refractivity contribution in [2.24, 2.45) is 11.7 Å². The number of hydrogen-bond donors (Lipinski definition) is 1. The Kier molecular flexibility index (Phi) is 2.84. The van der Waals surface area contributed by atoms with Gasteiger partial charge in [-0.25, -0.2) is 0 Å². The van der Waals surface area contributed by atoms with Gasteiger partial charge in [0.25, 0.3) is 0 Å². The van der Waals surface area contributed by atoms with Crippen LogP contribution < -0.4 is 5.73 Å². The van der Waals surface area contributed by atoms with Gasteiger partial charge in [0.05, 0.1) is 26.7 Å². The quantitative estimate of drug-likeness (QED) is 0.553. The van der Waals surface area contributed by atoms with Crippen molar-refractivity contribution >= 4 is 5.97 Å². The van der Waals surface area contributed by atoms with Gasteiger partial charge < -0.3 is 15.2 Å². The fourth-order valence-corrected chi connectivity index (χ4v) is 1.12. The summed E-state index contributed by atoms with van der Waals surface area (Å²) >= 11 is 0. The van der Waals surface area contributed by atoms with Gasteiger partial charge in [-0.3, -0.25) is 4.79 Å². The molecule has 0 saturated carbocycles. The Balaban J connectivity index is 2.30. The molecule has 0 amide bonds. The van der Waals surface area contributed by atoms with Gasteiger partial charge in [-0.2, -0.15) is 0 Å². The predicted molar refractivity (Wildman–Crippen MR) is 38.9 cm³/mol. The van der Waals surface area contributed by atoms with E-state index in [1.165, 1.54) is 7.11 Å². The van der Waals surface area contributed by atoms with E-state index < -0.39 is 0 Å². The average Bonchev–Trinajstić information content (AvgIpc) is 2.37. The molecule has 4 nitrogen and oxygen atoms in total. The van der Waals surface area contributed by atoms with Crippen molar-refractivity contribution in [2.75, 3.05) is 20.3 Å². The summed E-state index contributed by atoms with van der Waals surface area (Å²) in [6.07, 6.45) is 0.373. The van der Waals surface area contributed by atoms with Crippen LogP contribution in [-0.2, 0) is 14.3 Å². The van der Waals surface area contributed by atoms with E-state index in [-0.39, 0.29) is 17.9 Å². The molecule has 0 aromatic rings. The number of nitrogens with two attached hydrogens (primary N) is 1. The minimum atomic E-state index is -0.212. The predicted octanol–water partition coefficient (Wildman–Crippen LogP) is -0.477. The van der Waals surface area contributed by atoms with Crippen LogP contribution in [0, 0.1) is 5.92 Å². The molecule has 0 radical (unpaired) electrons. The Morgan fingerprint density at radius 3 is 2.91 bits per heavy atom. The number of carbonyl (C=O) groups is 1. The van der Waals surface area contributed by atoms with Gasteiger partial charge in [-0.15, -0.1) is 0 Å². The van der Waals surface area contributed by atoms with Crippen molar-refractivity contribution in [3.63, 3.8) is 0 Å². The number of esters is 1. The summed E-state index contributed by atoms with van der Waals surface area (Å²) in [5.41, 5.74) is 5.65. The first-order chi connectivity index (χ1) is 5.24. The smallest absolute Gasteiger partial charge is 0.305 e. The highest BCUT2D eigenvalue weighted by atomic mass is 16.5. The van der Waals surface area contributed by atoms with Crippen molar-refractivity contribution in [1.29, 1.82) is 0 Å². The summed E-state index contributed by atoms with van der Waals surface area (Å²) in [7, 11) is 1.38. The summed E-state index contributed by atoms with van der Waals surface area (Å²) in [5, 5.41) is 0.